The number of fused-ring (bicyclic) bond motifs is 1. The van der Waals surface area contributed by atoms with Gasteiger partial charge >= 0.3 is 0 Å². The van der Waals surface area contributed by atoms with Crippen molar-refractivity contribution < 1.29 is 12.9 Å². The Morgan fingerprint density at radius 3 is 2.81 bits per heavy atom. The molecular formula is C13H12N4O3S. The predicted molar refractivity (Wildman–Crippen MR) is 76.7 cm³/mol. The van der Waals surface area contributed by atoms with Crippen molar-refractivity contribution in [1.82, 2.24) is 14.9 Å². The van der Waals surface area contributed by atoms with Crippen molar-refractivity contribution in [1.29, 1.82) is 0 Å². The normalized spacial score (nSPS) is 11.8. The van der Waals surface area contributed by atoms with Gasteiger partial charge in [-0.1, -0.05) is 5.16 Å². The average molecular weight is 304 g/mol. The number of sulfonamides is 1. The van der Waals surface area contributed by atoms with Gasteiger partial charge in [0.1, 0.15) is 12.1 Å². The van der Waals surface area contributed by atoms with Gasteiger partial charge in [0.05, 0.1) is 22.7 Å². The van der Waals surface area contributed by atoms with Crippen LogP contribution in [-0.2, 0) is 16.6 Å². The molecular weight excluding hydrogens is 292 g/mol. The van der Waals surface area contributed by atoms with Crippen molar-refractivity contribution in [2.75, 3.05) is 5.73 Å². The molecule has 0 bridgehead atoms. The smallest absolute Gasteiger partial charge is 0.240 e. The average Bonchev–Trinajstić information content (AvgIpc) is 2.98. The van der Waals surface area contributed by atoms with E-state index in [0.29, 0.717) is 22.4 Å². The van der Waals surface area contributed by atoms with Gasteiger partial charge in [0.15, 0.2) is 0 Å². The van der Waals surface area contributed by atoms with E-state index in [0.717, 1.165) is 0 Å². The molecule has 0 atom stereocenters. The fourth-order valence-electron chi connectivity index (χ4n) is 1.87. The Morgan fingerprint density at radius 2 is 2.05 bits per heavy atom. The summed E-state index contributed by atoms with van der Waals surface area (Å²) >= 11 is 0. The Balaban J connectivity index is 1.89. The van der Waals surface area contributed by atoms with Gasteiger partial charge in [-0.3, -0.25) is 0 Å². The number of aromatic nitrogens is 2. The maximum absolute atomic E-state index is 12.2. The molecule has 2 heterocycles. The van der Waals surface area contributed by atoms with Crippen molar-refractivity contribution in [2.45, 2.75) is 11.4 Å². The molecule has 0 fully saturated rings. The Labute approximate surface area is 120 Å². The van der Waals surface area contributed by atoms with Crippen LogP contribution in [-0.4, -0.2) is 18.6 Å². The Kier molecular flexibility index (Phi) is 3.32. The van der Waals surface area contributed by atoms with E-state index >= 15 is 0 Å². The zero-order valence-corrected chi connectivity index (χ0v) is 11.7. The van der Waals surface area contributed by atoms with Gasteiger partial charge in [-0.15, -0.1) is 0 Å². The molecule has 1 aromatic carbocycles. The number of nitrogens with one attached hydrogen (secondary N) is 1. The lowest BCUT2D eigenvalue weighted by atomic mass is 10.2. The van der Waals surface area contributed by atoms with Gasteiger partial charge in [-0.25, -0.2) is 18.1 Å². The summed E-state index contributed by atoms with van der Waals surface area (Å²) in [6, 6.07) is 9.61. The highest BCUT2D eigenvalue weighted by Gasteiger charge is 2.15. The first kappa shape index (κ1) is 13.5. The third-order valence-corrected chi connectivity index (χ3v) is 4.33. The number of benzene rings is 1. The highest BCUT2D eigenvalue weighted by Crippen LogP contribution is 2.19. The van der Waals surface area contributed by atoms with Gasteiger partial charge in [0, 0.05) is 11.5 Å². The number of pyridine rings is 1. The standard InChI is InChI=1S/C13H12N4O3S/c14-13-4-1-9-7-11(2-3-12(9)16-13)21(18,19)15-8-10-5-6-20-17-10/h1-7,15H,8H2,(H2,14,16). The predicted octanol–water partition coefficient (Wildman–Crippen LogP) is 1.28. The molecule has 3 aromatic rings. The molecule has 0 aliphatic carbocycles. The number of anilines is 1. The quantitative estimate of drug-likeness (QED) is 0.751. The molecule has 0 aliphatic rings. The van der Waals surface area contributed by atoms with Crippen LogP contribution in [0, 0.1) is 0 Å². The van der Waals surface area contributed by atoms with Crippen LogP contribution in [0.1, 0.15) is 5.69 Å². The fourth-order valence-corrected chi connectivity index (χ4v) is 2.90. The van der Waals surface area contributed by atoms with Crippen molar-refractivity contribution >= 4 is 26.7 Å². The highest BCUT2D eigenvalue weighted by molar-refractivity contribution is 7.89. The van der Waals surface area contributed by atoms with Crippen LogP contribution in [0.5, 0.6) is 0 Å². The minimum Gasteiger partial charge on any atom is -0.384 e. The monoisotopic (exact) mass is 304 g/mol. The van der Waals surface area contributed by atoms with E-state index in [1.807, 2.05) is 0 Å². The fraction of sp³-hybridized carbons (Fsp3) is 0.0769. The van der Waals surface area contributed by atoms with Crippen LogP contribution >= 0.6 is 0 Å². The molecule has 0 aliphatic heterocycles. The zero-order chi connectivity index (χ0) is 14.9. The number of rotatable bonds is 4. The minimum absolute atomic E-state index is 0.0663. The maximum atomic E-state index is 12.2. The van der Waals surface area contributed by atoms with E-state index in [9.17, 15) is 8.42 Å². The van der Waals surface area contributed by atoms with E-state index < -0.39 is 10.0 Å². The molecule has 3 N–H and O–H groups in total. The highest BCUT2D eigenvalue weighted by atomic mass is 32.2. The first-order valence-corrected chi connectivity index (χ1v) is 7.58. The van der Waals surface area contributed by atoms with Gasteiger partial charge in [-0.2, -0.15) is 0 Å². The number of nitrogens with zero attached hydrogens (tertiary/aromatic N) is 2. The molecule has 0 unspecified atom stereocenters. The van der Waals surface area contributed by atoms with Crippen LogP contribution in [0.3, 0.4) is 0 Å². The summed E-state index contributed by atoms with van der Waals surface area (Å²) < 4.78 is 31.6. The summed E-state index contributed by atoms with van der Waals surface area (Å²) in [6.45, 7) is 0.0663. The van der Waals surface area contributed by atoms with E-state index in [1.54, 1.807) is 30.3 Å². The minimum atomic E-state index is -3.63. The van der Waals surface area contributed by atoms with Crippen LogP contribution in [0.2, 0.25) is 0 Å². The summed E-state index contributed by atoms with van der Waals surface area (Å²) in [5, 5.41) is 4.35. The molecule has 0 saturated carbocycles. The lowest BCUT2D eigenvalue weighted by Crippen LogP contribution is -2.23. The number of hydrogen-bond acceptors (Lipinski definition) is 6. The molecule has 21 heavy (non-hydrogen) atoms. The van der Waals surface area contributed by atoms with Gasteiger partial charge in [-0.05, 0) is 30.3 Å². The van der Waals surface area contributed by atoms with Crippen LogP contribution in [0.25, 0.3) is 10.9 Å². The van der Waals surface area contributed by atoms with E-state index in [-0.39, 0.29) is 11.4 Å². The van der Waals surface area contributed by atoms with E-state index in [2.05, 4.69) is 19.4 Å². The SMILES string of the molecule is Nc1ccc2cc(S(=O)(=O)NCc3ccon3)ccc2n1. The molecule has 0 spiro atoms. The second-order valence-corrected chi connectivity index (χ2v) is 6.17. The van der Waals surface area contributed by atoms with Crippen LogP contribution in [0.4, 0.5) is 5.82 Å². The number of hydrogen-bond donors (Lipinski definition) is 2. The second kappa shape index (κ2) is 5.15. The van der Waals surface area contributed by atoms with Gasteiger partial charge in [0.25, 0.3) is 0 Å². The third-order valence-electron chi connectivity index (χ3n) is 2.93. The molecule has 0 radical (unpaired) electrons. The van der Waals surface area contributed by atoms with E-state index in [1.165, 1.54) is 12.3 Å². The summed E-state index contributed by atoms with van der Waals surface area (Å²) in [5.41, 5.74) is 6.74. The van der Waals surface area contributed by atoms with Crippen molar-refractivity contribution in [2.24, 2.45) is 0 Å². The van der Waals surface area contributed by atoms with Crippen LogP contribution < -0.4 is 10.5 Å². The summed E-state index contributed by atoms with van der Waals surface area (Å²) in [5.74, 6) is 0.391. The Bertz CT molecular complexity index is 876. The van der Waals surface area contributed by atoms with Crippen LogP contribution in [0.15, 0.2) is 52.1 Å². The lowest BCUT2D eigenvalue weighted by Gasteiger charge is -2.06. The summed E-state index contributed by atoms with van der Waals surface area (Å²) in [6.07, 6.45) is 1.38. The first-order valence-electron chi connectivity index (χ1n) is 6.10. The Hall–Kier alpha value is -2.45. The lowest BCUT2D eigenvalue weighted by molar-refractivity contribution is 0.411. The third kappa shape index (κ3) is 2.86. The maximum Gasteiger partial charge on any atom is 0.240 e. The van der Waals surface area contributed by atoms with Crippen molar-refractivity contribution in [3.05, 3.63) is 48.4 Å². The number of nitrogens with two attached hydrogens (primary N) is 1. The molecule has 0 amide bonds. The topological polar surface area (TPSA) is 111 Å². The van der Waals surface area contributed by atoms with Crippen molar-refractivity contribution in [3.8, 4) is 0 Å². The number of nitrogen functional groups attached to an aromatic ring is 1. The van der Waals surface area contributed by atoms with Gasteiger partial charge in [0.2, 0.25) is 10.0 Å². The molecule has 3 rings (SSSR count). The molecule has 8 heteroatoms. The molecule has 0 saturated heterocycles. The summed E-state index contributed by atoms with van der Waals surface area (Å²) in [4.78, 5) is 4.28. The molecule has 108 valence electrons. The Morgan fingerprint density at radius 1 is 1.19 bits per heavy atom. The molecule has 7 nitrogen and oxygen atoms in total. The zero-order valence-electron chi connectivity index (χ0n) is 10.9. The largest absolute Gasteiger partial charge is 0.384 e. The summed E-state index contributed by atoms with van der Waals surface area (Å²) in [7, 11) is -3.63. The molecule has 2 aromatic heterocycles. The first-order chi connectivity index (χ1) is 10.0. The van der Waals surface area contributed by atoms with Gasteiger partial charge < -0.3 is 10.3 Å². The second-order valence-electron chi connectivity index (χ2n) is 4.41. The van der Waals surface area contributed by atoms with E-state index in [4.69, 9.17) is 5.73 Å². The van der Waals surface area contributed by atoms with Crippen molar-refractivity contribution in [3.63, 3.8) is 0 Å².